The van der Waals surface area contributed by atoms with Gasteiger partial charge in [0.15, 0.2) is 0 Å². The largest absolute Gasteiger partial charge is 0.379 e. The highest BCUT2D eigenvalue weighted by Crippen LogP contribution is 2.22. The van der Waals surface area contributed by atoms with E-state index in [0.29, 0.717) is 6.04 Å². The highest BCUT2D eigenvalue weighted by atomic mass is 16.5. The monoisotopic (exact) mass is 390 g/mol. The van der Waals surface area contributed by atoms with Crippen molar-refractivity contribution in [1.29, 1.82) is 0 Å². The summed E-state index contributed by atoms with van der Waals surface area (Å²) in [5, 5.41) is 3.49. The molecule has 0 amide bonds. The van der Waals surface area contributed by atoms with E-state index in [4.69, 9.17) is 19.4 Å². The molecule has 0 bridgehead atoms. The molecule has 3 aliphatic heterocycles. The van der Waals surface area contributed by atoms with Crippen LogP contribution in [0.15, 0.2) is 6.07 Å². The highest BCUT2D eigenvalue weighted by molar-refractivity contribution is 5.44. The van der Waals surface area contributed by atoms with Crippen LogP contribution >= 0.6 is 0 Å². The Morgan fingerprint density at radius 3 is 2.36 bits per heavy atom. The van der Waals surface area contributed by atoms with Gasteiger partial charge < -0.3 is 19.7 Å². The van der Waals surface area contributed by atoms with E-state index in [2.05, 4.69) is 26.9 Å². The minimum absolute atomic E-state index is 0.677. The van der Waals surface area contributed by atoms with E-state index >= 15 is 0 Å². The van der Waals surface area contributed by atoms with Gasteiger partial charge in [0.25, 0.3) is 0 Å². The number of ether oxygens (including phenoxy) is 2. The Bertz CT molecular complexity index is 611. The first-order valence-electron chi connectivity index (χ1n) is 10.7. The third kappa shape index (κ3) is 5.31. The van der Waals surface area contributed by atoms with Gasteiger partial charge in [-0.1, -0.05) is 0 Å². The van der Waals surface area contributed by atoms with Gasteiger partial charge in [-0.2, -0.15) is 4.98 Å². The molecular formula is C20H34N6O2. The predicted molar refractivity (Wildman–Crippen MR) is 110 cm³/mol. The van der Waals surface area contributed by atoms with E-state index in [1.807, 2.05) is 6.07 Å². The third-order valence-electron chi connectivity index (χ3n) is 5.99. The summed E-state index contributed by atoms with van der Waals surface area (Å²) in [6, 6.07) is 2.72. The van der Waals surface area contributed by atoms with E-state index in [0.717, 1.165) is 96.2 Å². The first-order chi connectivity index (χ1) is 13.8. The fraction of sp³-hybridized carbons (Fsp3) is 0.800. The van der Waals surface area contributed by atoms with Crippen molar-refractivity contribution in [2.24, 2.45) is 0 Å². The van der Waals surface area contributed by atoms with Crippen molar-refractivity contribution in [3.63, 3.8) is 0 Å². The van der Waals surface area contributed by atoms with Crippen LogP contribution in [0, 0.1) is 6.92 Å². The zero-order valence-corrected chi connectivity index (χ0v) is 17.1. The molecule has 1 aromatic heterocycles. The number of hydrogen-bond donors (Lipinski definition) is 1. The number of anilines is 2. The summed E-state index contributed by atoms with van der Waals surface area (Å²) in [4.78, 5) is 16.9. The first-order valence-corrected chi connectivity index (χ1v) is 10.7. The topological polar surface area (TPSA) is 66.0 Å². The molecule has 0 atom stereocenters. The van der Waals surface area contributed by atoms with Crippen LogP contribution in [0.3, 0.4) is 0 Å². The van der Waals surface area contributed by atoms with Gasteiger partial charge >= 0.3 is 0 Å². The molecular weight excluding hydrogens is 356 g/mol. The van der Waals surface area contributed by atoms with Crippen molar-refractivity contribution in [3.8, 4) is 0 Å². The number of nitrogens with one attached hydrogen (secondary N) is 1. The van der Waals surface area contributed by atoms with Crippen LogP contribution in [0.1, 0.15) is 18.5 Å². The molecule has 3 fully saturated rings. The molecule has 3 aliphatic rings. The lowest BCUT2D eigenvalue weighted by Gasteiger charge is -2.40. The Morgan fingerprint density at radius 1 is 0.964 bits per heavy atom. The van der Waals surface area contributed by atoms with Gasteiger partial charge in [0.1, 0.15) is 5.82 Å². The first kappa shape index (κ1) is 19.8. The maximum absolute atomic E-state index is 5.49. The average Bonchev–Trinajstić information content (AvgIpc) is 2.75. The Kier molecular flexibility index (Phi) is 6.95. The second-order valence-corrected chi connectivity index (χ2v) is 7.94. The molecule has 0 spiro atoms. The van der Waals surface area contributed by atoms with Crippen LogP contribution in [0.2, 0.25) is 0 Å². The van der Waals surface area contributed by atoms with Crippen LogP contribution in [0.4, 0.5) is 11.8 Å². The summed E-state index contributed by atoms with van der Waals surface area (Å²) >= 11 is 0. The molecule has 0 saturated carbocycles. The molecule has 8 heteroatoms. The molecule has 0 aromatic carbocycles. The normalized spacial score (nSPS) is 23.1. The minimum atomic E-state index is 0.677. The molecule has 8 nitrogen and oxygen atoms in total. The van der Waals surface area contributed by atoms with Crippen molar-refractivity contribution in [2.45, 2.75) is 25.8 Å². The second kappa shape index (κ2) is 9.82. The van der Waals surface area contributed by atoms with Crippen molar-refractivity contribution in [1.82, 2.24) is 19.8 Å². The zero-order chi connectivity index (χ0) is 19.2. The lowest BCUT2D eigenvalue weighted by molar-refractivity contribution is 0.0114. The lowest BCUT2D eigenvalue weighted by atomic mass is 10.0. The van der Waals surface area contributed by atoms with E-state index in [9.17, 15) is 0 Å². The number of piperidine rings is 1. The van der Waals surface area contributed by atoms with Crippen LogP contribution in [-0.4, -0.2) is 105 Å². The summed E-state index contributed by atoms with van der Waals surface area (Å²) in [6.45, 7) is 13.7. The molecule has 3 saturated heterocycles. The molecule has 4 rings (SSSR count). The van der Waals surface area contributed by atoms with E-state index in [1.165, 1.54) is 12.8 Å². The molecule has 0 unspecified atom stereocenters. The smallest absolute Gasteiger partial charge is 0.227 e. The van der Waals surface area contributed by atoms with Gasteiger partial charge in [-0.25, -0.2) is 4.98 Å². The summed E-state index contributed by atoms with van der Waals surface area (Å²) < 4.78 is 10.9. The summed E-state index contributed by atoms with van der Waals surface area (Å²) in [5.41, 5.74) is 1.02. The number of nitrogens with zero attached hydrogens (tertiary/aromatic N) is 5. The number of rotatable bonds is 6. The fourth-order valence-electron chi connectivity index (χ4n) is 4.33. The summed E-state index contributed by atoms with van der Waals surface area (Å²) in [5.74, 6) is 1.81. The number of hydrogen-bond acceptors (Lipinski definition) is 8. The molecule has 1 aromatic rings. The number of morpholine rings is 2. The number of aromatic nitrogens is 2. The van der Waals surface area contributed by atoms with E-state index in [-0.39, 0.29) is 0 Å². The van der Waals surface area contributed by atoms with Crippen LogP contribution in [0.5, 0.6) is 0 Å². The lowest BCUT2D eigenvalue weighted by Crippen LogP contribution is -2.49. The van der Waals surface area contributed by atoms with Crippen molar-refractivity contribution in [3.05, 3.63) is 11.8 Å². The zero-order valence-electron chi connectivity index (χ0n) is 17.1. The molecule has 0 radical (unpaired) electrons. The standard InChI is InChI=1S/C20H34N6O2/c1-17-16-19(21-4-7-24-8-12-27-13-9-24)23-20(22-17)26-5-2-18(3-6-26)25-10-14-28-15-11-25/h16,18H,2-15H2,1H3,(H,21,22,23). The Morgan fingerprint density at radius 2 is 1.64 bits per heavy atom. The van der Waals surface area contributed by atoms with E-state index < -0.39 is 0 Å². The molecule has 0 aliphatic carbocycles. The Labute approximate surface area is 168 Å². The SMILES string of the molecule is Cc1cc(NCCN2CCOCC2)nc(N2CCC(N3CCOCC3)CC2)n1. The third-order valence-corrected chi connectivity index (χ3v) is 5.99. The minimum Gasteiger partial charge on any atom is -0.379 e. The van der Waals surface area contributed by atoms with Gasteiger partial charge in [0.2, 0.25) is 5.95 Å². The van der Waals surface area contributed by atoms with Gasteiger partial charge in [-0.3, -0.25) is 9.80 Å². The van der Waals surface area contributed by atoms with E-state index in [1.54, 1.807) is 0 Å². The molecule has 28 heavy (non-hydrogen) atoms. The Hall–Kier alpha value is -1.48. The summed E-state index contributed by atoms with van der Waals surface area (Å²) in [7, 11) is 0. The maximum atomic E-state index is 5.49. The van der Waals surface area contributed by atoms with Crippen LogP contribution in [0.25, 0.3) is 0 Å². The second-order valence-electron chi connectivity index (χ2n) is 7.94. The molecule has 156 valence electrons. The van der Waals surface area contributed by atoms with Crippen LogP contribution in [-0.2, 0) is 9.47 Å². The van der Waals surface area contributed by atoms with Crippen LogP contribution < -0.4 is 10.2 Å². The Balaban J connectivity index is 1.28. The van der Waals surface area contributed by atoms with Crippen molar-refractivity contribution < 1.29 is 9.47 Å². The summed E-state index contributed by atoms with van der Waals surface area (Å²) in [6.07, 6.45) is 2.36. The quantitative estimate of drug-likeness (QED) is 0.766. The highest BCUT2D eigenvalue weighted by Gasteiger charge is 2.27. The number of aryl methyl sites for hydroxylation is 1. The van der Waals surface area contributed by atoms with Crippen molar-refractivity contribution in [2.75, 3.05) is 89.0 Å². The van der Waals surface area contributed by atoms with Gasteiger partial charge in [0.05, 0.1) is 26.4 Å². The predicted octanol–water partition coefficient (Wildman–Crippen LogP) is 0.830. The van der Waals surface area contributed by atoms with Gasteiger partial charge in [-0.05, 0) is 19.8 Å². The van der Waals surface area contributed by atoms with Crippen molar-refractivity contribution >= 4 is 11.8 Å². The maximum Gasteiger partial charge on any atom is 0.227 e. The average molecular weight is 391 g/mol. The molecule has 1 N–H and O–H groups in total. The fourth-order valence-corrected chi connectivity index (χ4v) is 4.33. The van der Waals surface area contributed by atoms with Gasteiger partial charge in [-0.15, -0.1) is 0 Å². The molecule has 4 heterocycles. The van der Waals surface area contributed by atoms with Gasteiger partial charge in [0, 0.05) is 70.2 Å².